The van der Waals surface area contributed by atoms with E-state index in [9.17, 15) is 18.4 Å². The molecule has 11 heteroatoms. The van der Waals surface area contributed by atoms with Crippen molar-refractivity contribution in [1.82, 2.24) is 9.80 Å². The van der Waals surface area contributed by atoms with Gasteiger partial charge in [-0.25, -0.2) is 13.6 Å². The van der Waals surface area contributed by atoms with Gasteiger partial charge in [-0.2, -0.15) is 0 Å². The summed E-state index contributed by atoms with van der Waals surface area (Å²) < 4.78 is 40.9. The monoisotopic (exact) mass is 700 g/mol. The van der Waals surface area contributed by atoms with Crippen molar-refractivity contribution >= 4 is 56.8 Å². The zero-order chi connectivity index (χ0) is 34.0. The van der Waals surface area contributed by atoms with Crippen LogP contribution in [-0.4, -0.2) is 59.9 Å². The highest BCUT2D eigenvalue weighted by atomic mass is 35.5. The van der Waals surface area contributed by atoms with Crippen molar-refractivity contribution < 1.29 is 27.8 Å². The van der Waals surface area contributed by atoms with E-state index in [1.807, 2.05) is 57.4 Å². The molecule has 0 radical (unpaired) electrons. The first-order valence-corrected chi connectivity index (χ1v) is 17.9. The maximum atomic E-state index is 14.8. The SMILES string of the molecule is COc1ccc(-c2cccc(SC)c2)cc1CN(C(=O)c1sc2c(F)ccc(F)c2c1Cl)C1CCC(N(C)C(=O)OC(C)(C)C)CC1. The molecule has 4 aromatic rings. The molecule has 0 atom stereocenters. The Labute approximate surface area is 288 Å². The molecule has 2 amide bonds. The second-order valence-electron chi connectivity index (χ2n) is 12.7. The van der Waals surface area contributed by atoms with Crippen molar-refractivity contribution in [3.8, 4) is 16.9 Å². The van der Waals surface area contributed by atoms with Crippen LogP contribution in [0.4, 0.5) is 13.6 Å². The van der Waals surface area contributed by atoms with Crippen LogP contribution < -0.4 is 4.74 Å². The summed E-state index contributed by atoms with van der Waals surface area (Å²) >= 11 is 9.15. The van der Waals surface area contributed by atoms with Gasteiger partial charge in [-0.15, -0.1) is 23.1 Å². The highest BCUT2D eigenvalue weighted by Gasteiger charge is 2.35. The number of hydrogen-bond acceptors (Lipinski definition) is 6. The fourth-order valence-corrected chi connectivity index (χ4v) is 8.01. The molecule has 0 unspecified atom stereocenters. The second-order valence-corrected chi connectivity index (χ2v) is 15.0. The van der Waals surface area contributed by atoms with Crippen LogP contribution in [0, 0.1) is 11.6 Å². The van der Waals surface area contributed by atoms with Gasteiger partial charge in [-0.1, -0.05) is 29.8 Å². The summed E-state index contributed by atoms with van der Waals surface area (Å²) in [4.78, 5) is 31.8. The molecule has 0 spiro atoms. The van der Waals surface area contributed by atoms with Crippen LogP contribution in [0.2, 0.25) is 5.02 Å². The van der Waals surface area contributed by atoms with E-state index in [1.165, 1.54) is 0 Å². The molecule has 1 aliphatic carbocycles. The molecule has 5 rings (SSSR count). The minimum absolute atomic E-state index is 0.00856. The summed E-state index contributed by atoms with van der Waals surface area (Å²) in [5.41, 5.74) is 2.17. The van der Waals surface area contributed by atoms with Gasteiger partial charge in [-0.3, -0.25) is 4.79 Å². The molecule has 1 heterocycles. The van der Waals surface area contributed by atoms with Crippen LogP contribution in [-0.2, 0) is 11.3 Å². The highest BCUT2D eigenvalue weighted by molar-refractivity contribution is 7.98. The third-order valence-electron chi connectivity index (χ3n) is 8.50. The lowest BCUT2D eigenvalue weighted by molar-refractivity contribution is 0.0144. The zero-order valence-electron chi connectivity index (χ0n) is 27.4. The van der Waals surface area contributed by atoms with Gasteiger partial charge < -0.3 is 19.3 Å². The number of fused-ring (bicyclic) bond motifs is 1. The Morgan fingerprint density at radius 3 is 2.28 bits per heavy atom. The molecule has 0 aliphatic heterocycles. The number of thiophene rings is 1. The van der Waals surface area contributed by atoms with E-state index in [1.54, 1.807) is 35.7 Å². The fourth-order valence-electron chi connectivity index (χ4n) is 6.04. The van der Waals surface area contributed by atoms with Crippen LogP contribution in [0.3, 0.4) is 0 Å². The van der Waals surface area contributed by atoms with Gasteiger partial charge in [0.15, 0.2) is 0 Å². The van der Waals surface area contributed by atoms with Crippen molar-refractivity contribution in [1.29, 1.82) is 0 Å². The first-order chi connectivity index (χ1) is 22.3. The Bertz CT molecular complexity index is 1780. The Kier molecular flexibility index (Phi) is 10.7. The van der Waals surface area contributed by atoms with Crippen molar-refractivity contribution in [3.05, 3.63) is 81.7 Å². The van der Waals surface area contributed by atoms with E-state index in [-0.39, 0.29) is 44.7 Å². The zero-order valence-corrected chi connectivity index (χ0v) is 29.8. The molecule has 0 bridgehead atoms. The molecular weight excluding hydrogens is 662 g/mol. The molecule has 1 aromatic heterocycles. The minimum atomic E-state index is -0.680. The number of amides is 2. The van der Waals surface area contributed by atoms with Crippen LogP contribution in [0.1, 0.15) is 61.7 Å². The number of rotatable bonds is 8. The average molecular weight is 701 g/mol. The number of nitrogens with zero attached hydrogens (tertiary/aromatic N) is 2. The molecule has 1 saturated carbocycles. The number of thioether (sulfide) groups is 1. The average Bonchev–Trinajstić information content (AvgIpc) is 3.42. The second kappa shape index (κ2) is 14.4. The molecule has 3 aromatic carbocycles. The van der Waals surface area contributed by atoms with Crippen LogP contribution >= 0.6 is 34.7 Å². The van der Waals surface area contributed by atoms with E-state index < -0.39 is 23.1 Å². The van der Waals surface area contributed by atoms with Gasteiger partial charge >= 0.3 is 6.09 Å². The van der Waals surface area contributed by atoms with E-state index in [4.69, 9.17) is 21.1 Å². The van der Waals surface area contributed by atoms with Crippen molar-refractivity contribution in [2.24, 2.45) is 0 Å². The Morgan fingerprint density at radius 1 is 0.979 bits per heavy atom. The Hall–Kier alpha value is -3.34. The smallest absolute Gasteiger partial charge is 0.410 e. The van der Waals surface area contributed by atoms with E-state index in [0.29, 0.717) is 31.4 Å². The minimum Gasteiger partial charge on any atom is -0.496 e. The van der Waals surface area contributed by atoms with Crippen LogP contribution in [0.15, 0.2) is 59.5 Å². The molecule has 0 saturated heterocycles. The quantitative estimate of drug-likeness (QED) is 0.171. The molecule has 6 nitrogen and oxygen atoms in total. The molecule has 47 heavy (non-hydrogen) atoms. The Balaban J connectivity index is 1.50. The summed E-state index contributed by atoms with van der Waals surface area (Å²) in [6.45, 7) is 5.68. The fraction of sp³-hybridized carbons (Fsp3) is 0.389. The first kappa shape index (κ1) is 35.0. The summed E-state index contributed by atoms with van der Waals surface area (Å²) in [5.74, 6) is -1.10. The Morgan fingerprint density at radius 2 is 1.64 bits per heavy atom. The summed E-state index contributed by atoms with van der Waals surface area (Å²) in [5, 5.41) is -0.180. The van der Waals surface area contributed by atoms with Gasteiger partial charge in [0.05, 0.1) is 22.2 Å². The lowest BCUT2D eigenvalue weighted by Crippen LogP contribution is -2.47. The highest BCUT2D eigenvalue weighted by Crippen LogP contribution is 2.41. The molecule has 1 fully saturated rings. The van der Waals surface area contributed by atoms with E-state index >= 15 is 0 Å². The number of halogens is 3. The number of methoxy groups -OCH3 is 1. The molecule has 0 N–H and O–H groups in total. The molecular formula is C36H39ClF2N2O4S2. The predicted molar refractivity (Wildman–Crippen MR) is 187 cm³/mol. The van der Waals surface area contributed by atoms with Gasteiger partial charge in [-0.05, 0) is 100 Å². The summed E-state index contributed by atoms with van der Waals surface area (Å²) in [6, 6.07) is 15.9. The van der Waals surface area contributed by atoms with Crippen LogP contribution in [0.25, 0.3) is 21.2 Å². The number of benzene rings is 3. The van der Waals surface area contributed by atoms with Crippen molar-refractivity contribution in [2.45, 2.75) is 75.6 Å². The first-order valence-electron chi connectivity index (χ1n) is 15.5. The number of carbonyl (C=O) groups is 2. The standard InChI is InChI=1S/C36H39ClF2N2O4S2/c1-36(2,3)45-35(43)40(4)24-11-13-25(14-12-24)41(34(42)33-31(37)30-27(38)15-16-28(39)32(30)47-33)20-23-18-22(10-17-29(23)44-5)21-8-7-9-26(19-21)46-6/h7-10,15-19,24-25H,11-14,20H2,1-6H3. The van der Waals surface area contributed by atoms with Gasteiger partial charge in [0.25, 0.3) is 5.91 Å². The molecule has 1 aliphatic rings. The number of hydrogen-bond donors (Lipinski definition) is 0. The largest absolute Gasteiger partial charge is 0.496 e. The van der Waals surface area contributed by atoms with Gasteiger partial charge in [0.2, 0.25) is 0 Å². The van der Waals surface area contributed by atoms with Gasteiger partial charge in [0, 0.05) is 36.1 Å². The number of ether oxygens (including phenoxy) is 2. The third-order valence-corrected chi connectivity index (χ3v) is 10.9. The van der Waals surface area contributed by atoms with Crippen molar-refractivity contribution in [3.63, 3.8) is 0 Å². The van der Waals surface area contributed by atoms with E-state index in [0.717, 1.165) is 45.1 Å². The predicted octanol–water partition coefficient (Wildman–Crippen LogP) is 10.1. The summed E-state index contributed by atoms with van der Waals surface area (Å²) in [6.07, 6.45) is 4.14. The van der Waals surface area contributed by atoms with Gasteiger partial charge in [0.1, 0.15) is 27.9 Å². The van der Waals surface area contributed by atoms with Crippen LogP contribution in [0.5, 0.6) is 5.75 Å². The lowest BCUT2D eigenvalue weighted by Gasteiger charge is -2.40. The number of carbonyl (C=O) groups excluding carboxylic acids is 2. The maximum Gasteiger partial charge on any atom is 0.410 e. The summed E-state index contributed by atoms with van der Waals surface area (Å²) in [7, 11) is 3.33. The maximum absolute atomic E-state index is 14.8. The van der Waals surface area contributed by atoms with Crippen molar-refractivity contribution in [2.75, 3.05) is 20.4 Å². The third kappa shape index (κ3) is 7.71. The van der Waals surface area contributed by atoms with E-state index in [2.05, 4.69) is 12.1 Å². The lowest BCUT2D eigenvalue weighted by atomic mass is 9.89. The normalized spacial score (nSPS) is 16.6. The topological polar surface area (TPSA) is 59.1 Å². The molecule has 250 valence electrons.